The van der Waals surface area contributed by atoms with Crippen LogP contribution in [0, 0.1) is 0 Å². The Labute approximate surface area is 169 Å². The van der Waals surface area contributed by atoms with Gasteiger partial charge in [0.05, 0.1) is 15.9 Å². The molecule has 0 aliphatic carbocycles. The van der Waals surface area contributed by atoms with Crippen molar-refractivity contribution in [1.82, 2.24) is 0 Å². The molecule has 1 unspecified atom stereocenters. The van der Waals surface area contributed by atoms with Crippen molar-refractivity contribution in [2.24, 2.45) is 0 Å². The second kappa shape index (κ2) is 8.74. The number of hydrogen-bond donors (Lipinski definition) is 3. The second-order valence-electron chi connectivity index (χ2n) is 5.89. The van der Waals surface area contributed by atoms with Crippen LogP contribution in [0.3, 0.4) is 0 Å². The lowest BCUT2D eigenvalue weighted by molar-refractivity contribution is 0.216. The van der Waals surface area contributed by atoms with Crippen molar-refractivity contribution in [3.8, 4) is 0 Å². The highest BCUT2D eigenvalue weighted by atomic mass is 32.3. The van der Waals surface area contributed by atoms with Crippen LogP contribution in [0.4, 0.5) is 0 Å². The molecular weight excluding hydrogens is 467 g/mol. The Morgan fingerprint density at radius 1 is 0.828 bits per heavy atom. The molecule has 0 saturated carbocycles. The third-order valence-electron chi connectivity index (χ3n) is 3.58. The van der Waals surface area contributed by atoms with Crippen molar-refractivity contribution in [3.63, 3.8) is 0 Å². The van der Waals surface area contributed by atoms with Gasteiger partial charge in [-0.1, -0.05) is 24.3 Å². The zero-order valence-electron chi connectivity index (χ0n) is 14.8. The van der Waals surface area contributed by atoms with Crippen LogP contribution in [0.5, 0.6) is 0 Å². The molecule has 0 fully saturated rings. The van der Waals surface area contributed by atoms with Gasteiger partial charge in [-0.3, -0.25) is 13.7 Å². The van der Waals surface area contributed by atoms with Gasteiger partial charge < -0.3 is 0 Å². The van der Waals surface area contributed by atoms with Gasteiger partial charge in [-0.15, -0.1) is 0 Å². The lowest BCUT2D eigenvalue weighted by Gasteiger charge is -2.22. The monoisotopic (exact) mass is 484 g/mol. The van der Waals surface area contributed by atoms with Gasteiger partial charge in [0.1, 0.15) is 0 Å². The van der Waals surface area contributed by atoms with Gasteiger partial charge in [0.2, 0.25) is 0 Å². The summed E-state index contributed by atoms with van der Waals surface area (Å²) in [6, 6.07) is 10.4. The molecule has 0 aliphatic heterocycles. The van der Waals surface area contributed by atoms with E-state index < -0.39 is 54.5 Å². The highest BCUT2D eigenvalue weighted by Gasteiger charge is 2.24. The van der Waals surface area contributed by atoms with Gasteiger partial charge >= 0.3 is 10.4 Å². The Balaban J connectivity index is 2.58. The van der Waals surface area contributed by atoms with Crippen molar-refractivity contribution in [2.45, 2.75) is 22.8 Å². The Morgan fingerprint density at radius 2 is 1.24 bits per heavy atom. The maximum atomic E-state index is 11.5. The second-order valence-corrected chi connectivity index (χ2v) is 12.0. The lowest BCUT2D eigenvalue weighted by Crippen LogP contribution is -2.24. The summed E-state index contributed by atoms with van der Waals surface area (Å²) >= 11 is 0. The highest BCUT2D eigenvalue weighted by Crippen LogP contribution is 2.36. The molecular formula is C15H17O10PS3. The van der Waals surface area contributed by atoms with E-state index in [1.165, 1.54) is 43.3 Å². The normalized spacial score (nSPS) is 14.1. The SMILES string of the molecule is CC(CP(c1cccc(S(=O)(=O)O)c1)c1cccc(S(=O)(=O)O)c1)OS(=O)(=O)O. The topological polar surface area (TPSA) is 172 Å². The summed E-state index contributed by atoms with van der Waals surface area (Å²) in [4.78, 5) is -0.812. The molecule has 0 aliphatic rings. The summed E-state index contributed by atoms with van der Waals surface area (Å²) < 4.78 is 99.7. The lowest BCUT2D eigenvalue weighted by atomic mass is 10.4. The largest absolute Gasteiger partial charge is 0.397 e. The molecule has 0 aromatic heterocycles. The van der Waals surface area contributed by atoms with Gasteiger partial charge in [-0.2, -0.15) is 25.3 Å². The average Bonchev–Trinajstić information content (AvgIpc) is 2.57. The van der Waals surface area contributed by atoms with Crippen LogP contribution < -0.4 is 10.6 Å². The Hall–Kier alpha value is -1.44. The van der Waals surface area contributed by atoms with Gasteiger partial charge in [0.15, 0.2) is 0 Å². The molecule has 0 spiro atoms. The number of rotatable bonds is 8. The van der Waals surface area contributed by atoms with Gasteiger partial charge in [-0.25, -0.2) is 4.18 Å². The molecule has 0 heterocycles. The smallest absolute Gasteiger partial charge is 0.282 e. The van der Waals surface area contributed by atoms with Crippen LogP contribution in [0.2, 0.25) is 0 Å². The average molecular weight is 484 g/mol. The number of benzene rings is 2. The summed E-state index contributed by atoms with van der Waals surface area (Å²) in [7, 11) is -15.4. The first-order valence-corrected chi connectivity index (χ1v) is 13.5. The first-order chi connectivity index (χ1) is 13.2. The molecule has 1 atom stereocenters. The van der Waals surface area contributed by atoms with Gasteiger partial charge in [0.25, 0.3) is 20.2 Å². The molecule has 10 nitrogen and oxygen atoms in total. The molecule has 160 valence electrons. The van der Waals surface area contributed by atoms with Gasteiger partial charge in [0, 0.05) is 6.16 Å². The van der Waals surface area contributed by atoms with E-state index in [-0.39, 0.29) is 6.16 Å². The third kappa shape index (κ3) is 7.08. The van der Waals surface area contributed by atoms with E-state index in [0.717, 1.165) is 12.1 Å². The predicted octanol–water partition coefficient (Wildman–Crippen LogP) is 0.821. The molecule has 3 N–H and O–H groups in total. The zero-order valence-corrected chi connectivity index (χ0v) is 18.1. The van der Waals surface area contributed by atoms with Crippen LogP contribution in [-0.2, 0) is 34.8 Å². The van der Waals surface area contributed by atoms with Crippen LogP contribution in [0.15, 0.2) is 58.3 Å². The standard InChI is InChI=1S/C15H17O10PS3/c1-11(25-29(22,23)24)10-26(12-4-2-6-14(8-12)27(16,17)18)13-5-3-7-15(9-13)28(19,20)21/h2-9,11H,10H2,1H3,(H,16,17,18)(H,19,20,21)(H,22,23,24). The van der Waals surface area contributed by atoms with Crippen molar-refractivity contribution in [3.05, 3.63) is 48.5 Å². The van der Waals surface area contributed by atoms with Crippen molar-refractivity contribution in [2.75, 3.05) is 6.16 Å². The van der Waals surface area contributed by atoms with E-state index >= 15 is 0 Å². The molecule has 14 heteroatoms. The minimum atomic E-state index is -4.76. The van der Waals surface area contributed by atoms with E-state index in [1.807, 2.05) is 0 Å². The van der Waals surface area contributed by atoms with Crippen molar-refractivity contribution >= 4 is 49.2 Å². The minimum Gasteiger partial charge on any atom is -0.282 e. The molecule has 0 radical (unpaired) electrons. The third-order valence-corrected chi connectivity index (χ3v) is 8.53. The van der Waals surface area contributed by atoms with Crippen molar-refractivity contribution < 1.29 is 43.1 Å². The van der Waals surface area contributed by atoms with Crippen molar-refractivity contribution in [1.29, 1.82) is 0 Å². The summed E-state index contributed by atoms with van der Waals surface area (Å²) in [6.07, 6.45) is -1.11. The fourth-order valence-corrected chi connectivity index (χ4v) is 6.72. The summed E-state index contributed by atoms with van der Waals surface area (Å²) in [6.45, 7) is 1.35. The molecule has 29 heavy (non-hydrogen) atoms. The van der Waals surface area contributed by atoms with E-state index in [0.29, 0.717) is 10.6 Å². The first kappa shape index (κ1) is 23.8. The Bertz CT molecular complexity index is 1130. The first-order valence-electron chi connectivity index (χ1n) is 7.75. The predicted molar refractivity (Wildman–Crippen MR) is 106 cm³/mol. The van der Waals surface area contributed by atoms with Crippen LogP contribution in [0.1, 0.15) is 6.92 Å². The maximum absolute atomic E-state index is 11.5. The summed E-state index contributed by atoms with van der Waals surface area (Å²) in [5.41, 5.74) is 0. The minimum absolute atomic E-state index is 0.0566. The molecule has 0 amide bonds. The molecule has 2 aromatic carbocycles. The fraction of sp³-hybridized carbons (Fsp3) is 0.200. The van der Waals surface area contributed by atoms with E-state index in [9.17, 15) is 34.4 Å². The Kier molecular flexibility index (Phi) is 7.18. The van der Waals surface area contributed by atoms with E-state index in [1.54, 1.807) is 0 Å². The number of hydrogen-bond acceptors (Lipinski definition) is 7. The molecule has 2 aromatic rings. The maximum Gasteiger partial charge on any atom is 0.397 e. The zero-order chi connectivity index (χ0) is 22.0. The van der Waals surface area contributed by atoms with Gasteiger partial charge in [-0.05, 0) is 49.7 Å². The fourth-order valence-electron chi connectivity index (χ4n) is 2.48. The van der Waals surface area contributed by atoms with E-state index in [4.69, 9.17) is 4.55 Å². The molecule has 0 saturated heterocycles. The van der Waals surface area contributed by atoms with Crippen LogP contribution in [-0.4, -0.2) is 51.2 Å². The molecule has 2 rings (SSSR count). The Morgan fingerprint density at radius 3 is 1.59 bits per heavy atom. The van der Waals surface area contributed by atoms with Crippen LogP contribution >= 0.6 is 7.92 Å². The summed E-state index contributed by atoms with van der Waals surface area (Å²) in [5, 5.41) is 0.710. The summed E-state index contributed by atoms with van der Waals surface area (Å²) in [5.74, 6) is 0. The molecule has 0 bridgehead atoms. The van der Waals surface area contributed by atoms with E-state index in [2.05, 4.69) is 4.18 Å². The highest BCUT2D eigenvalue weighted by molar-refractivity contribution is 7.86. The quantitative estimate of drug-likeness (QED) is 0.360. The van der Waals surface area contributed by atoms with Crippen LogP contribution in [0.25, 0.3) is 0 Å².